The molecule has 1 aromatic carbocycles. The van der Waals surface area contributed by atoms with E-state index in [0.29, 0.717) is 18.2 Å². The van der Waals surface area contributed by atoms with Crippen molar-refractivity contribution in [2.45, 2.75) is 25.4 Å². The molecule has 0 N–H and O–H groups in total. The number of carbonyl (C=O) groups excluding carboxylic acids is 1. The number of ether oxygens (including phenoxy) is 2. The van der Waals surface area contributed by atoms with E-state index in [4.69, 9.17) is 13.9 Å². The van der Waals surface area contributed by atoms with Gasteiger partial charge in [0.25, 0.3) is 0 Å². The van der Waals surface area contributed by atoms with Gasteiger partial charge in [-0.25, -0.2) is 4.98 Å². The molecule has 1 aliphatic heterocycles. The Labute approximate surface area is 135 Å². The summed E-state index contributed by atoms with van der Waals surface area (Å²) in [6, 6.07) is 7.42. The molecular formula is C17H20N2O4. The zero-order chi connectivity index (χ0) is 16.2. The first-order valence-corrected chi connectivity index (χ1v) is 7.62. The standard InChI is InChI=1S/C17H20N2O4/c1-21-13-7-5-12(6-8-13)15-10-18-16(23-15)11-19-9-3-4-14(19)17(20)22-2/h5-8,10,14H,3-4,9,11H2,1-2H3. The first-order valence-electron chi connectivity index (χ1n) is 7.62. The summed E-state index contributed by atoms with van der Waals surface area (Å²) in [5.41, 5.74) is 0.940. The van der Waals surface area contributed by atoms with E-state index in [1.165, 1.54) is 7.11 Å². The van der Waals surface area contributed by atoms with Gasteiger partial charge in [-0.3, -0.25) is 9.69 Å². The molecule has 0 amide bonds. The fourth-order valence-corrected chi connectivity index (χ4v) is 2.86. The number of nitrogens with zero attached hydrogens (tertiary/aromatic N) is 2. The Kier molecular flexibility index (Phi) is 4.62. The van der Waals surface area contributed by atoms with Crippen molar-refractivity contribution in [1.82, 2.24) is 9.88 Å². The lowest BCUT2D eigenvalue weighted by molar-refractivity contribution is -0.146. The van der Waals surface area contributed by atoms with Crippen LogP contribution in [0.5, 0.6) is 5.75 Å². The first-order chi connectivity index (χ1) is 11.2. The molecule has 1 aromatic heterocycles. The summed E-state index contributed by atoms with van der Waals surface area (Å²) in [5.74, 6) is 1.92. The molecule has 0 bridgehead atoms. The molecule has 0 spiro atoms. The minimum absolute atomic E-state index is 0.190. The average molecular weight is 316 g/mol. The highest BCUT2D eigenvalue weighted by Gasteiger charge is 2.32. The van der Waals surface area contributed by atoms with E-state index in [1.54, 1.807) is 13.3 Å². The van der Waals surface area contributed by atoms with Gasteiger partial charge in [-0.15, -0.1) is 0 Å². The Morgan fingerprint density at radius 1 is 1.35 bits per heavy atom. The van der Waals surface area contributed by atoms with Crippen molar-refractivity contribution in [3.8, 4) is 17.1 Å². The predicted molar refractivity (Wildman–Crippen MR) is 83.9 cm³/mol. The highest BCUT2D eigenvalue weighted by Crippen LogP contribution is 2.25. The Morgan fingerprint density at radius 3 is 2.83 bits per heavy atom. The fraction of sp³-hybridized carbons (Fsp3) is 0.412. The summed E-state index contributed by atoms with van der Waals surface area (Å²) in [7, 11) is 3.06. The van der Waals surface area contributed by atoms with Crippen molar-refractivity contribution in [3.05, 3.63) is 36.4 Å². The number of hydrogen-bond acceptors (Lipinski definition) is 6. The van der Waals surface area contributed by atoms with Gasteiger partial charge in [-0.2, -0.15) is 0 Å². The quantitative estimate of drug-likeness (QED) is 0.790. The van der Waals surface area contributed by atoms with Crippen LogP contribution in [0.15, 0.2) is 34.9 Å². The van der Waals surface area contributed by atoms with Crippen LogP contribution in [0.3, 0.4) is 0 Å². The van der Waals surface area contributed by atoms with Gasteiger partial charge in [-0.05, 0) is 43.7 Å². The van der Waals surface area contributed by atoms with Crippen LogP contribution in [0.4, 0.5) is 0 Å². The lowest BCUT2D eigenvalue weighted by atomic mass is 10.2. The molecule has 2 heterocycles. The number of likely N-dealkylation sites (tertiary alicyclic amines) is 1. The summed E-state index contributed by atoms with van der Waals surface area (Å²) in [6.07, 6.45) is 3.50. The molecule has 6 heteroatoms. The number of esters is 1. The predicted octanol–water partition coefficient (Wildman–Crippen LogP) is 2.49. The summed E-state index contributed by atoms with van der Waals surface area (Å²) < 4.78 is 15.8. The number of benzene rings is 1. The first kappa shape index (κ1) is 15.6. The van der Waals surface area contributed by atoms with Gasteiger partial charge in [0.05, 0.1) is 27.0 Å². The normalized spacial score (nSPS) is 18.1. The Bertz CT molecular complexity index is 665. The maximum Gasteiger partial charge on any atom is 0.323 e. The number of oxazole rings is 1. The summed E-state index contributed by atoms with van der Waals surface area (Å²) in [4.78, 5) is 18.2. The second kappa shape index (κ2) is 6.83. The lowest BCUT2D eigenvalue weighted by Crippen LogP contribution is -2.36. The van der Waals surface area contributed by atoms with Crippen molar-refractivity contribution in [3.63, 3.8) is 0 Å². The Morgan fingerprint density at radius 2 is 2.13 bits per heavy atom. The van der Waals surface area contributed by atoms with Crippen molar-refractivity contribution in [2.24, 2.45) is 0 Å². The Hall–Kier alpha value is -2.34. The maximum atomic E-state index is 11.8. The second-order valence-corrected chi connectivity index (χ2v) is 5.50. The van der Waals surface area contributed by atoms with E-state index >= 15 is 0 Å². The molecule has 2 aromatic rings. The number of aromatic nitrogens is 1. The van der Waals surface area contributed by atoms with E-state index in [1.807, 2.05) is 24.3 Å². The number of methoxy groups -OCH3 is 2. The third-order valence-corrected chi connectivity index (χ3v) is 4.10. The second-order valence-electron chi connectivity index (χ2n) is 5.50. The number of rotatable bonds is 5. The van der Waals surface area contributed by atoms with Gasteiger partial charge in [0.1, 0.15) is 11.8 Å². The van der Waals surface area contributed by atoms with Gasteiger partial charge in [0, 0.05) is 5.56 Å². The van der Waals surface area contributed by atoms with Crippen molar-refractivity contribution >= 4 is 5.97 Å². The van der Waals surface area contributed by atoms with Gasteiger partial charge >= 0.3 is 5.97 Å². The van der Waals surface area contributed by atoms with E-state index in [2.05, 4.69) is 9.88 Å². The van der Waals surface area contributed by atoms with E-state index in [0.717, 1.165) is 30.7 Å². The largest absolute Gasteiger partial charge is 0.497 e. The molecule has 1 unspecified atom stereocenters. The molecule has 0 saturated carbocycles. The molecule has 1 fully saturated rings. The topological polar surface area (TPSA) is 64.8 Å². The maximum absolute atomic E-state index is 11.8. The fourth-order valence-electron chi connectivity index (χ4n) is 2.86. The van der Waals surface area contributed by atoms with Crippen LogP contribution in [0, 0.1) is 0 Å². The van der Waals surface area contributed by atoms with Crippen molar-refractivity contribution < 1.29 is 18.7 Å². The smallest absolute Gasteiger partial charge is 0.323 e. The lowest BCUT2D eigenvalue weighted by Gasteiger charge is -2.20. The Balaban J connectivity index is 1.70. The minimum atomic E-state index is -0.198. The monoisotopic (exact) mass is 316 g/mol. The van der Waals surface area contributed by atoms with Crippen LogP contribution in [-0.4, -0.2) is 42.7 Å². The van der Waals surface area contributed by atoms with Gasteiger partial charge in [0.2, 0.25) is 5.89 Å². The van der Waals surface area contributed by atoms with E-state index < -0.39 is 0 Å². The van der Waals surface area contributed by atoms with Gasteiger partial charge < -0.3 is 13.9 Å². The minimum Gasteiger partial charge on any atom is -0.497 e. The summed E-state index contributed by atoms with van der Waals surface area (Å²) >= 11 is 0. The summed E-state index contributed by atoms with van der Waals surface area (Å²) in [6.45, 7) is 1.36. The van der Waals surface area contributed by atoms with Crippen LogP contribution in [0.2, 0.25) is 0 Å². The highest BCUT2D eigenvalue weighted by molar-refractivity contribution is 5.75. The molecule has 0 radical (unpaired) electrons. The van der Waals surface area contributed by atoms with Gasteiger partial charge in [-0.1, -0.05) is 0 Å². The van der Waals surface area contributed by atoms with Crippen LogP contribution in [-0.2, 0) is 16.1 Å². The summed E-state index contributed by atoms with van der Waals surface area (Å²) in [5, 5.41) is 0. The molecule has 3 rings (SSSR count). The molecule has 122 valence electrons. The van der Waals surface area contributed by atoms with Crippen molar-refractivity contribution in [1.29, 1.82) is 0 Å². The molecule has 23 heavy (non-hydrogen) atoms. The van der Waals surface area contributed by atoms with Crippen LogP contribution in [0.1, 0.15) is 18.7 Å². The highest BCUT2D eigenvalue weighted by atomic mass is 16.5. The van der Waals surface area contributed by atoms with E-state index in [9.17, 15) is 4.79 Å². The molecule has 6 nitrogen and oxygen atoms in total. The number of hydrogen-bond donors (Lipinski definition) is 0. The zero-order valence-corrected chi connectivity index (χ0v) is 13.3. The molecule has 0 aliphatic carbocycles. The van der Waals surface area contributed by atoms with Crippen LogP contribution >= 0.6 is 0 Å². The average Bonchev–Trinajstić information content (AvgIpc) is 3.24. The van der Waals surface area contributed by atoms with Crippen molar-refractivity contribution in [2.75, 3.05) is 20.8 Å². The van der Waals surface area contributed by atoms with Crippen LogP contribution in [0.25, 0.3) is 11.3 Å². The van der Waals surface area contributed by atoms with Gasteiger partial charge in [0.15, 0.2) is 5.76 Å². The number of carbonyl (C=O) groups is 1. The third kappa shape index (κ3) is 3.37. The van der Waals surface area contributed by atoms with Crippen LogP contribution < -0.4 is 4.74 Å². The SMILES string of the molecule is COC(=O)C1CCCN1Cc1ncc(-c2ccc(OC)cc2)o1. The third-order valence-electron chi connectivity index (χ3n) is 4.10. The molecule has 1 atom stereocenters. The molecular weight excluding hydrogens is 296 g/mol. The molecule has 1 aliphatic rings. The van der Waals surface area contributed by atoms with E-state index in [-0.39, 0.29) is 12.0 Å². The zero-order valence-electron chi connectivity index (χ0n) is 13.3. The molecule has 1 saturated heterocycles.